The van der Waals surface area contributed by atoms with Crippen molar-refractivity contribution >= 4 is 45.1 Å². The van der Waals surface area contributed by atoms with E-state index in [1.54, 1.807) is 0 Å². The monoisotopic (exact) mass is 451 g/mol. The number of likely N-dealkylation sites (N-methyl/N-ethyl adjacent to an activating group) is 1. The summed E-state index contributed by atoms with van der Waals surface area (Å²) in [6, 6.07) is 19.4. The van der Waals surface area contributed by atoms with Crippen LogP contribution in [0.15, 0.2) is 59.6 Å². The second kappa shape index (κ2) is 8.75. The highest BCUT2D eigenvalue weighted by Crippen LogP contribution is 2.33. The molecule has 4 nitrogen and oxygen atoms in total. The zero-order chi connectivity index (χ0) is 21.4. The van der Waals surface area contributed by atoms with Crippen LogP contribution in [-0.4, -0.2) is 48.4 Å². The Morgan fingerprint density at radius 1 is 1.13 bits per heavy atom. The number of thiophene rings is 1. The van der Waals surface area contributed by atoms with Gasteiger partial charge in [-0.05, 0) is 50.6 Å². The lowest BCUT2D eigenvalue weighted by atomic mass is 10.0. The topological polar surface area (TPSA) is 35.5 Å². The third-order valence-corrected chi connectivity index (χ3v) is 7.72. The first-order chi connectivity index (χ1) is 15.1. The van der Waals surface area contributed by atoms with Crippen LogP contribution < -0.4 is 5.32 Å². The van der Waals surface area contributed by atoms with Crippen LogP contribution in [0.5, 0.6) is 0 Å². The molecule has 2 N–H and O–H groups in total. The maximum Gasteiger partial charge on any atom is 0.201 e. The van der Waals surface area contributed by atoms with Crippen molar-refractivity contribution in [2.45, 2.75) is 25.8 Å². The standard InChI is InChI=1S/C25H27ClN4S/c1-17-15-20-24(27-22-9-5-6-10-23(22)28-25(20)31-17)30-14-13-29(2)19(16-30)12-11-18-7-3-4-8-21(18)26/h3-10,15,19,28H,11-14,16H2,1-2H3/p+1. The molecule has 0 radical (unpaired) electrons. The van der Waals surface area contributed by atoms with E-state index in [1.807, 2.05) is 23.5 Å². The fourth-order valence-corrected chi connectivity index (χ4v) is 5.76. The molecular formula is C25H28ClN4S+. The van der Waals surface area contributed by atoms with Gasteiger partial charge in [-0.2, -0.15) is 0 Å². The molecule has 1 aromatic heterocycles. The summed E-state index contributed by atoms with van der Waals surface area (Å²) >= 11 is 8.27. The third-order valence-electron chi connectivity index (χ3n) is 6.36. The molecule has 2 aliphatic rings. The number of benzene rings is 2. The van der Waals surface area contributed by atoms with E-state index in [1.165, 1.54) is 26.7 Å². The Hall–Kier alpha value is -2.18. The van der Waals surface area contributed by atoms with Crippen molar-refractivity contribution in [2.75, 3.05) is 26.7 Å². The summed E-state index contributed by atoms with van der Waals surface area (Å²) in [5, 5.41) is 4.48. The molecule has 3 heterocycles. The number of hydrogen-bond donors (Lipinski definition) is 1. The van der Waals surface area contributed by atoms with Gasteiger partial charge in [-0.15, -0.1) is 0 Å². The van der Waals surface area contributed by atoms with Crippen molar-refractivity contribution in [1.82, 2.24) is 9.80 Å². The Bertz CT molecular complexity index is 1120. The number of quaternary nitrogens is 1. The molecule has 2 aromatic carbocycles. The van der Waals surface area contributed by atoms with Crippen LogP contribution in [0.2, 0.25) is 5.02 Å². The number of aryl methyl sites for hydroxylation is 2. The molecule has 3 aromatic rings. The minimum absolute atomic E-state index is 0.471. The molecule has 0 amide bonds. The smallest absolute Gasteiger partial charge is 0.201 e. The molecule has 0 aliphatic carbocycles. The van der Waals surface area contributed by atoms with Gasteiger partial charge in [-0.3, -0.25) is 10.2 Å². The number of aliphatic imine (C=N–C) groups is 1. The highest BCUT2D eigenvalue weighted by atomic mass is 35.5. The third kappa shape index (κ3) is 4.28. The van der Waals surface area contributed by atoms with E-state index < -0.39 is 0 Å². The van der Waals surface area contributed by atoms with Crippen molar-refractivity contribution in [3.05, 3.63) is 75.6 Å². The maximum atomic E-state index is 6.41. The van der Waals surface area contributed by atoms with Crippen LogP contribution in [0, 0.1) is 6.92 Å². The molecule has 0 bridgehead atoms. The molecule has 160 valence electrons. The predicted octanol–water partition coefficient (Wildman–Crippen LogP) is 4.88. The summed E-state index contributed by atoms with van der Waals surface area (Å²) in [6.45, 7) is 5.20. The first-order valence-corrected chi connectivity index (χ1v) is 12.1. The lowest BCUT2D eigenvalue weighted by molar-refractivity contribution is -0.473. The van der Waals surface area contributed by atoms with Gasteiger partial charge in [0.2, 0.25) is 5.00 Å². The van der Waals surface area contributed by atoms with Crippen molar-refractivity contribution < 1.29 is 5.32 Å². The highest BCUT2D eigenvalue weighted by molar-refractivity contribution is 7.15. The second-order valence-corrected chi connectivity index (χ2v) is 10.2. The quantitative estimate of drug-likeness (QED) is 0.576. The number of halogens is 1. The highest BCUT2D eigenvalue weighted by Gasteiger charge is 2.31. The van der Waals surface area contributed by atoms with Gasteiger partial charge in [0.05, 0.1) is 5.56 Å². The molecule has 6 heteroatoms. The van der Waals surface area contributed by atoms with E-state index in [0.29, 0.717) is 6.04 Å². The lowest BCUT2D eigenvalue weighted by Gasteiger charge is -2.41. The number of hydrogen-bond acceptors (Lipinski definition) is 4. The van der Waals surface area contributed by atoms with Gasteiger partial charge < -0.3 is 4.90 Å². The first-order valence-electron chi connectivity index (χ1n) is 10.9. The van der Waals surface area contributed by atoms with Gasteiger partial charge >= 0.3 is 0 Å². The summed E-state index contributed by atoms with van der Waals surface area (Å²) in [5.41, 5.74) is 4.77. The van der Waals surface area contributed by atoms with Gasteiger partial charge in [0, 0.05) is 41.6 Å². The van der Waals surface area contributed by atoms with E-state index in [0.717, 1.165) is 49.0 Å². The molecule has 2 aliphatic heterocycles. The molecule has 1 unspecified atom stereocenters. The molecule has 5 rings (SSSR count). The van der Waals surface area contributed by atoms with Gasteiger partial charge in [0.25, 0.3) is 0 Å². The van der Waals surface area contributed by atoms with Crippen molar-refractivity contribution in [1.29, 1.82) is 0 Å². The maximum absolute atomic E-state index is 6.41. The molecule has 1 fully saturated rings. The lowest BCUT2D eigenvalue weighted by Crippen LogP contribution is -2.70. The predicted molar refractivity (Wildman–Crippen MR) is 131 cm³/mol. The van der Waals surface area contributed by atoms with E-state index in [9.17, 15) is 0 Å². The Morgan fingerprint density at radius 2 is 1.94 bits per heavy atom. The number of fused-ring (bicyclic) bond motifs is 2. The average molecular weight is 452 g/mol. The number of piperazine rings is 1. The summed E-state index contributed by atoms with van der Waals surface area (Å²) in [7, 11) is 2.24. The number of amidine groups is 1. The molecular weight excluding hydrogens is 424 g/mol. The molecule has 31 heavy (non-hydrogen) atoms. The number of nitrogens with zero attached hydrogens (tertiary/aromatic N) is 3. The first kappa shape index (κ1) is 20.7. The van der Waals surface area contributed by atoms with Crippen molar-refractivity contribution in [3.8, 4) is 0 Å². The van der Waals surface area contributed by atoms with Crippen molar-refractivity contribution in [2.24, 2.45) is 4.99 Å². The minimum Gasteiger partial charge on any atom is -0.353 e. The van der Waals surface area contributed by atoms with Gasteiger partial charge in [0.15, 0.2) is 5.69 Å². The summed E-state index contributed by atoms with van der Waals surface area (Å²) in [6.07, 6.45) is 2.08. The van der Waals surface area contributed by atoms with E-state index >= 15 is 0 Å². The Kier molecular flexibility index (Phi) is 5.85. The van der Waals surface area contributed by atoms with Gasteiger partial charge in [-0.1, -0.05) is 53.3 Å². The van der Waals surface area contributed by atoms with Gasteiger partial charge in [0.1, 0.15) is 11.5 Å². The summed E-state index contributed by atoms with van der Waals surface area (Å²) < 4.78 is 0. The van der Waals surface area contributed by atoms with Gasteiger partial charge in [-0.25, -0.2) is 4.99 Å². The molecule has 0 spiro atoms. The van der Waals surface area contributed by atoms with Crippen LogP contribution in [0.25, 0.3) is 0 Å². The normalized spacial score (nSPS) is 18.9. The number of rotatable bonds is 3. The Morgan fingerprint density at radius 3 is 2.81 bits per heavy atom. The summed E-state index contributed by atoms with van der Waals surface area (Å²) in [4.78, 5) is 11.5. The minimum atomic E-state index is 0.471. The molecule has 1 saturated heterocycles. The second-order valence-electron chi connectivity index (χ2n) is 8.48. The SMILES string of the molecule is Cc1cc2c(s1)[NH2+]c1ccccc1N=C2N1CCN(C)C(CCc2ccccc2Cl)C1. The zero-order valence-corrected chi connectivity index (χ0v) is 19.6. The summed E-state index contributed by atoms with van der Waals surface area (Å²) in [5.74, 6) is 1.12. The Balaban J connectivity index is 1.42. The molecule has 1 atom stereocenters. The largest absolute Gasteiger partial charge is 0.353 e. The molecule has 0 saturated carbocycles. The number of nitrogens with two attached hydrogens (primary N) is 1. The fraction of sp³-hybridized carbons (Fsp3) is 0.320. The fourth-order valence-electron chi connectivity index (χ4n) is 4.56. The van der Waals surface area contributed by atoms with Crippen LogP contribution >= 0.6 is 22.9 Å². The Labute approximate surface area is 193 Å². The van der Waals surface area contributed by atoms with Crippen LogP contribution in [0.4, 0.5) is 16.4 Å². The van der Waals surface area contributed by atoms with Crippen LogP contribution in [0.3, 0.4) is 0 Å². The van der Waals surface area contributed by atoms with Crippen LogP contribution in [0.1, 0.15) is 22.4 Å². The van der Waals surface area contributed by atoms with Crippen LogP contribution in [-0.2, 0) is 6.42 Å². The van der Waals surface area contributed by atoms with E-state index in [2.05, 4.69) is 71.6 Å². The van der Waals surface area contributed by atoms with E-state index in [4.69, 9.17) is 16.6 Å². The van der Waals surface area contributed by atoms with Crippen molar-refractivity contribution in [3.63, 3.8) is 0 Å². The average Bonchev–Trinajstić information content (AvgIpc) is 3.06. The van der Waals surface area contributed by atoms with E-state index in [-0.39, 0.29) is 0 Å². The number of para-hydroxylation sites is 2. The zero-order valence-electron chi connectivity index (χ0n) is 18.0.